The number of rotatable bonds is 14. The van der Waals surface area contributed by atoms with Crippen LogP contribution in [0.1, 0.15) is 0 Å². The second kappa shape index (κ2) is 9.69. The second-order valence-electron chi connectivity index (χ2n) is 4.12. The van der Waals surface area contributed by atoms with Crippen LogP contribution in [-0.2, 0) is 57.2 Å². The first-order valence-corrected chi connectivity index (χ1v) is 12.2. The Morgan fingerprint density at radius 1 is 0.593 bits per heavy atom. The maximum atomic E-state index is 11.6. The second-order valence-corrected chi connectivity index (χ2v) is 10.2. The van der Waals surface area contributed by atoms with Crippen LogP contribution < -0.4 is 0 Å². The molecule has 12 nitrogen and oxygen atoms in total. The van der Waals surface area contributed by atoms with Crippen LogP contribution in [0.3, 0.4) is 0 Å². The van der Waals surface area contributed by atoms with E-state index in [4.69, 9.17) is 0 Å². The molecule has 1 atom stereocenters. The summed E-state index contributed by atoms with van der Waals surface area (Å²) in [6.45, 7) is 10.4. The molecular weight excluding hydrogens is 452 g/mol. The van der Waals surface area contributed by atoms with Crippen molar-refractivity contribution in [3.05, 3.63) is 47.9 Å². The lowest BCUT2D eigenvalue weighted by Gasteiger charge is -2.23. The molecule has 0 spiro atoms. The minimum Gasteiger partial charge on any atom is -0.264 e. The third-order valence-corrected chi connectivity index (χ3v) is 5.76. The molecule has 0 rings (SSSR count). The summed E-state index contributed by atoms with van der Waals surface area (Å²) in [5.41, 5.74) is 0. The van der Waals surface area contributed by atoms with Crippen LogP contribution in [0.25, 0.3) is 0 Å². The lowest BCUT2D eigenvalue weighted by Crippen LogP contribution is -2.41. The van der Waals surface area contributed by atoms with Gasteiger partial charge in [-0.1, -0.05) is 26.3 Å². The molecule has 16 heteroatoms. The summed E-state index contributed by atoms with van der Waals surface area (Å²) in [6, 6.07) is 0. The van der Waals surface area contributed by atoms with E-state index in [1.54, 1.807) is 0 Å². The Balaban J connectivity index is 6.11. The normalized spacial score (nSPS) is 14.4. The van der Waals surface area contributed by atoms with E-state index in [1.165, 1.54) is 0 Å². The molecule has 0 bridgehead atoms. The van der Waals surface area contributed by atoms with Gasteiger partial charge in [0.05, 0.1) is 28.2 Å². The van der Waals surface area contributed by atoms with E-state index in [2.05, 4.69) is 43.0 Å². The minimum absolute atomic E-state index is 0.240. The smallest absolute Gasteiger partial charge is 0.264 e. The lowest BCUT2D eigenvalue weighted by molar-refractivity contribution is -0.0757. The predicted molar refractivity (Wildman–Crippen MR) is 93.3 cm³/mol. The van der Waals surface area contributed by atoms with Crippen LogP contribution >= 0.6 is 0 Å². The monoisotopic (exact) mass is 468 g/mol. The van der Waals surface area contributed by atoms with Gasteiger partial charge in [0.1, 0.15) is 0 Å². The minimum atomic E-state index is -4.65. The number of hydrogen-bond acceptors (Lipinski definition) is 12. The third-order valence-electron chi connectivity index (χ3n) is 2.23. The largest absolute Gasteiger partial charge is 0.292 e. The molecule has 0 N–H and O–H groups in total. The van der Waals surface area contributed by atoms with Gasteiger partial charge in [0, 0.05) is 0 Å². The third kappa shape index (κ3) is 9.91. The molecular formula is C11H16O12S4. The van der Waals surface area contributed by atoms with Crippen molar-refractivity contribution in [3.8, 4) is 0 Å². The van der Waals surface area contributed by atoms with E-state index in [9.17, 15) is 33.7 Å². The van der Waals surface area contributed by atoms with Gasteiger partial charge in [-0.3, -0.25) is 8.37 Å². The topological polar surface area (TPSA) is 173 Å². The summed E-state index contributed by atoms with van der Waals surface area (Å²) in [4.78, 5) is 0. The number of hydrogen-bond donors (Lipinski definition) is 0. The summed E-state index contributed by atoms with van der Waals surface area (Å²) < 4.78 is 109. The van der Waals surface area contributed by atoms with Crippen molar-refractivity contribution in [2.75, 3.05) is 6.61 Å². The first-order valence-electron chi connectivity index (χ1n) is 6.31. The molecule has 0 aromatic rings. The van der Waals surface area contributed by atoms with Crippen molar-refractivity contribution in [3.63, 3.8) is 0 Å². The maximum absolute atomic E-state index is 11.6. The highest BCUT2D eigenvalue weighted by atomic mass is 32.2. The summed E-state index contributed by atoms with van der Waals surface area (Å²) in [5, 5.41) is 1.08. The average Bonchev–Trinajstić information content (AvgIpc) is 2.57. The van der Waals surface area contributed by atoms with Gasteiger partial charge >= 0.3 is 0 Å². The molecule has 0 aliphatic rings. The molecule has 27 heavy (non-hydrogen) atoms. The molecule has 0 fully saturated rings. The molecule has 0 aliphatic carbocycles. The fourth-order valence-corrected chi connectivity index (χ4v) is 3.11. The Bertz CT molecular complexity index is 946. The Kier molecular flexibility index (Phi) is 9.19. The van der Waals surface area contributed by atoms with Crippen molar-refractivity contribution >= 4 is 40.5 Å². The van der Waals surface area contributed by atoms with Crippen LogP contribution in [0, 0.1) is 0 Å². The first kappa shape index (κ1) is 25.6. The van der Waals surface area contributed by atoms with Crippen molar-refractivity contribution < 1.29 is 50.4 Å². The van der Waals surface area contributed by atoms with Gasteiger partial charge in [-0.25, -0.2) is 8.37 Å². The Morgan fingerprint density at radius 3 is 1.26 bits per heavy atom. The molecule has 0 radical (unpaired) electrons. The van der Waals surface area contributed by atoms with Gasteiger partial charge in [-0.15, -0.1) is 0 Å². The van der Waals surface area contributed by atoms with Gasteiger partial charge in [-0.05, 0) is 0 Å². The fraction of sp³-hybridized carbons (Fsp3) is 0.273. The van der Waals surface area contributed by atoms with Gasteiger partial charge < -0.3 is 0 Å². The standard InChI is InChI=1S/C11H16O12S4/c1-5-24(12,13)20-9-10(21-25(14,15)6-2)11(22-26(16,17)7-3)23-27(18,19)8-4/h5-8,10-11H,1-4,9H2. The maximum Gasteiger partial charge on any atom is 0.292 e. The Morgan fingerprint density at radius 2 is 0.926 bits per heavy atom. The van der Waals surface area contributed by atoms with Crippen LogP contribution in [0.4, 0.5) is 0 Å². The van der Waals surface area contributed by atoms with Gasteiger partial charge in [0.2, 0.25) is 6.29 Å². The highest BCUT2D eigenvalue weighted by molar-refractivity contribution is 7.90. The highest BCUT2D eigenvalue weighted by Gasteiger charge is 2.36. The summed E-state index contributed by atoms with van der Waals surface area (Å²) in [5.74, 6) is 0. The molecule has 0 aromatic carbocycles. The molecule has 0 aliphatic heterocycles. The fourth-order valence-electron chi connectivity index (χ4n) is 1.06. The van der Waals surface area contributed by atoms with Gasteiger partial charge in [-0.2, -0.15) is 33.7 Å². The van der Waals surface area contributed by atoms with Crippen molar-refractivity contribution in [1.29, 1.82) is 0 Å². The molecule has 1 unspecified atom stereocenters. The zero-order valence-electron chi connectivity index (χ0n) is 13.5. The van der Waals surface area contributed by atoms with E-state index < -0.39 is 59.5 Å². The van der Waals surface area contributed by atoms with E-state index >= 15 is 0 Å². The van der Waals surface area contributed by atoms with E-state index in [0.29, 0.717) is 5.41 Å². The van der Waals surface area contributed by atoms with Gasteiger partial charge in [0.15, 0.2) is 6.10 Å². The van der Waals surface area contributed by atoms with Crippen LogP contribution in [0.15, 0.2) is 47.9 Å². The van der Waals surface area contributed by atoms with Crippen LogP contribution in [-0.4, -0.2) is 52.7 Å². The predicted octanol–water partition coefficient (Wildman–Crippen LogP) is -0.359. The summed E-state index contributed by atoms with van der Waals surface area (Å²) >= 11 is 0. The van der Waals surface area contributed by atoms with E-state index in [0.717, 1.165) is 0 Å². The van der Waals surface area contributed by atoms with Crippen molar-refractivity contribution in [1.82, 2.24) is 0 Å². The molecule has 0 aromatic heterocycles. The quantitative estimate of drug-likeness (QED) is 0.239. The van der Waals surface area contributed by atoms with Crippen LogP contribution in [0.5, 0.6) is 0 Å². The molecule has 0 saturated carbocycles. The Hall–Kier alpha value is -1.40. The van der Waals surface area contributed by atoms with E-state index in [-0.39, 0.29) is 16.2 Å². The van der Waals surface area contributed by atoms with Gasteiger partial charge in [0.25, 0.3) is 40.5 Å². The van der Waals surface area contributed by atoms with E-state index in [1.807, 2.05) is 0 Å². The Labute approximate surface area is 157 Å². The van der Waals surface area contributed by atoms with Crippen LogP contribution in [0.2, 0.25) is 0 Å². The molecule has 0 heterocycles. The van der Waals surface area contributed by atoms with Crippen molar-refractivity contribution in [2.24, 2.45) is 0 Å². The molecule has 0 amide bonds. The lowest BCUT2D eigenvalue weighted by atomic mass is 10.4. The summed E-state index contributed by atoms with van der Waals surface area (Å²) in [7, 11) is -18.3. The van der Waals surface area contributed by atoms with Crippen molar-refractivity contribution in [2.45, 2.75) is 12.4 Å². The molecule has 0 saturated heterocycles. The highest BCUT2D eigenvalue weighted by Crippen LogP contribution is 2.18. The zero-order chi connectivity index (χ0) is 21.5. The first-order chi connectivity index (χ1) is 12.1. The zero-order valence-corrected chi connectivity index (χ0v) is 16.8. The summed E-state index contributed by atoms with van der Waals surface area (Å²) in [6.07, 6.45) is -4.78. The average molecular weight is 469 g/mol. The molecule has 156 valence electrons. The SMILES string of the molecule is C=CS(=O)(=O)OCC(OS(=O)(=O)C=C)C(OS(=O)(=O)C=C)OS(=O)(=O)C=C.